The molecule has 2 N–H and O–H groups in total. The first-order valence-electron chi connectivity index (χ1n) is 11.0. The van der Waals surface area contributed by atoms with E-state index < -0.39 is 10.0 Å². The van der Waals surface area contributed by atoms with Gasteiger partial charge in [0.1, 0.15) is 12.4 Å². The normalized spacial score (nSPS) is 14.8. The molecule has 1 aromatic heterocycles. The summed E-state index contributed by atoms with van der Waals surface area (Å²) in [5, 5.41) is 10.2. The molecule has 0 amide bonds. The predicted octanol–water partition coefficient (Wildman–Crippen LogP) is 3.37. The largest absolute Gasteiger partial charge is 0.492 e. The first-order valence-corrected chi connectivity index (χ1v) is 12.8. The Kier molecular flexibility index (Phi) is 7.18. The lowest BCUT2D eigenvalue weighted by Gasteiger charge is -2.26. The van der Waals surface area contributed by atoms with Crippen molar-refractivity contribution in [2.24, 2.45) is 0 Å². The maximum absolute atomic E-state index is 11.5. The second-order valence-electron chi connectivity index (χ2n) is 8.10. The summed E-state index contributed by atoms with van der Waals surface area (Å²) in [5.41, 5.74) is 4.37. The summed E-state index contributed by atoms with van der Waals surface area (Å²) < 4.78 is 36.8. The number of benzene rings is 2. The van der Waals surface area contributed by atoms with Gasteiger partial charge >= 0.3 is 0 Å². The Hall–Kier alpha value is -3.06. The molecule has 0 unspecified atom stereocenters. The number of aryl methyl sites for hydroxylation is 1. The minimum Gasteiger partial charge on any atom is -0.492 e. The SMILES string of the molecule is CS(=O)(=O)Nc1ccc(-c2[nH]c3cc(OCCN4CCOCC4)ccc3c2CCC#N)cc1. The molecule has 3 aromatic rings. The van der Waals surface area contributed by atoms with E-state index >= 15 is 0 Å². The van der Waals surface area contributed by atoms with E-state index in [1.54, 1.807) is 12.1 Å². The van der Waals surface area contributed by atoms with Gasteiger partial charge in [-0.2, -0.15) is 5.26 Å². The topological polar surface area (TPSA) is 107 Å². The van der Waals surface area contributed by atoms with Crippen LogP contribution in [0.4, 0.5) is 5.69 Å². The van der Waals surface area contributed by atoms with Gasteiger partial charge in [-0.05, 0) is 41.8 Å². The minimum atomic E-state index is -3.33. The summed E-state index contributed by atoms with van der Waals surface area (Å²) >= 11 is 0. The fourth-order valence-electron chi connectivity index (χ4n) is 4.05. The maximum Gasteiger partial charge on any atom is 0.229 e. The summed E-state index contributed by atoms with van der Waals surface area (Å²) in [6.45, 7) is 4.88. The molecule has 0 saturated carbocycles. The zero-order valence-corrected chi connectivity index (χ0v) is 19.5. The number of hydrogen-bond acceptors (Lipinski definition) is 6. The van der Waals surface area contributed by atoms with E-state index in [0.29, 0.717) is 25.1 Å². The third-order valence-electron chi connectivity index (χ3n) is 5.62. The number of nitrogens with one attached hydrogen (secondary N) is 2. The third kappa shape index (κ3) is 6.05. The van der Waals surface area contributed by atoms with Crippen LogP contribution in [-0.4, -0.2) is 64.0 Å². The molecule has 2 heterocycles. The highest BCUT2D eigenvalue weighted by atomic mass is 32.2. The zero-order valence-electron chi connectivity index (χ0n) is 18.6. The van der Waals surface area contributed by atoms with Crippen molar-refractivity contribution in [1.29, 1.82) is 5.26 Å². The standard InChI is InChI=1S/C24H28N4O4S/c1-33(29,30)27-19-6-4-18(5-7-19)24-22(3-2-10-25)21-9-8-20(17-23(21)26-24)32-16-13-28-11-14-31-15-12-28/h4-9,17,26-27H,2-3,11-16H2,1H3. The third-order valence-corrected chi connectivity index (χ3v) is 6.23. The van der Waals surface area contributed by atoms with Crippen LogP contribution < -0.4 is 9.46 Å². The molecule has 33 heavy (non-hydrogen) atoms. The van der Waals surface area contributed by atoms with Crippen molar-refractivity contribution in [2.45, 2.75) is 12.8 Å². The summed E-state index contributed by atoms with van der Waals surface area (Å²) in [5.74, 6) is 0.795. The van der Waals surface area contributed by atoms with Crippen LogP contribution in [0.1, 0.15) is 12.0 Å². The summed E-state index contributed by atoms with van der Waals surface area (Å²) in [6, 6.07) is 15.4. The number of nitriles is 1. The van der Waals surface area contributed by atoms with Crippen molar-refractivity contribution >= 4 is 26.6 Å². The van der Waals surface area contributed by atoms with Crippen molar-refractivity contribution in [3.63, 3.8) is 0 Å². The molecular formula is C24H28N4O4S. The van der Waals surface area contributed by atoms with Crippen molar-refractivity contribution in [2.75, 3.05) is 50.4 Å². The van der Waals surface area contributed by atoms with Crippen LogP contribution in [0.3, 0.4) is 0 Å². The minimum absolute atomic E-state index is 0.408. The van der Waals surface area contributed by atoms with Crippen molar-refractivity contribution < 1.29 is 17.9 Å². The monoisotopic (exact) mass is 468 g/mol. The number of rotatable bonds is 9. The lowest BCUT2D eigenvalue weighted by atomic mass is 10.0. The fourth-order valence-corrected chi connectivity index (χ4v) is 4.61. The highest BCUT2D eigenvalue weighted by Crippen LogP contribution is 2.34. The van der Waals surface area contributed by atoms with Crippen molar-refractivity contribution in [3.05, 3.63) is 48.0 Å². The Morgan fingerprint density at radius 2 is 1.94 bits per heavy atom. The Bertz CT molecular complexity index is 1240. The number of aromatic nitrogens is 1. The van der Waals surface area contributed by atoms with Crippen LogP contribution in [0.2, 0.25) is 0 Å². The van der Waals surface area contributed by atoms with Crippen molar-refractivity contribution in [1.82, 2.24) is 9.88 Å². The molecule has 174 valence electrons. The van der Waals surface area contributed by atoms with Gasteiger partial charge in [0, 0.05) is 54.4 Å². The van der Waals surface area contributed by atoms with Gasteiger partial charge in [0.25, 0.3) is 0 Å². The molecule has 1 aliphatic heterocycles. The molecule has 0 radical (unpaired) electrons. The Morgan fingerprint density at radius 3 is 2.64 bits per heavy atom. The lowest BCUT2D eigenvalue weighted by molar-refractivity contribution is 0.0322. The number of hydrogen-bond donors (Lipinski definition) is 2. The second kappa shape index (κ2) is 10.3. The van der Waals surface area contributed by atoms with E-state index in [2.05, 4.69) is 20.7 Å². The number of fused-ring (bicyclic) bond motifs is 1. The maximum atomic E-state index is 11.5. The molecule has 0 spiro atoms. The van der Waals surface area contributed by atoms with Gasteiger partial charge in [-0.25, -0.2) is 8.42 Å². The van der Waals surface area contributed by atoms with E-state index in [-0.39, 0.29) is 0 Å². The Morgan fingerprint density at radius 1 is 1.18 bits per heavy atom. The smallest absolute Gasteiger partial charge is 0.229 e. The van der Waals surface area contributed by atoms with Crippen LogP contribution in [0.15, 0.2) is 42.5 Å². The predicted molar refractivity (Wildman–Crippen MR) is 129 cm³/mol. The Balaban J connectivity index is 1.55. The van der Waals surface area contributed by atoms with E-state index in [1.807, 2.05) is 30.3 Å². The number of morpholine rings is 1. The Labute approximate surface area is 194 Å². The first-order chi connectivity index (χ1) is 15.9. The molecule has 0 aliphatic carbocycles. The average Bonchev–Trinajstić information content (AvgIpc) is 3.15. The number of nitrogens with zero attached hydrogens (tertiary/aromatic N) is 2. The summed E-state index contributed by atoms with van der Waals surface area (Å²) in [6.07, 6.45) is 2.15. The van der Waals surface area contributed by atoms with Gasteiger partial charge in [0.2, 0.25) is 10.0 Å². The van der Waals surface area contributed by atoms with Gasteiger partial charge in [0.05, 0.1) is 25.5 Å². The van der Waals surface area contributed by atoms with Crippen LogP contribution >= 0.6 is 0 Å². The van der Waals surface area contributed by atoms with Crippen molar-refractivity contribution in [3.8, 4) is 23.1 Å². The lowest BCUT2D eigenvalue weighted by Crippen LogP contribution is -2.38. The van der Waals surface area contributed by atoms with Crippen LogP contribution in [0, 0.1) is 11.3 Å². The molecular weight excluding hydrogens is 440 g/mol. The van der Waals surface area contributed by atoms with Crippen LogP contribution in [0.25, 0.3) is 22.2 Å². The van der Waals surface area contributed by atoms with E-state index in [0.717, 1.165) is 72.6 Å². The summed E-state index contributed by atoms with van der Waals surface area (Å²) in [4.78, 5) is 5.81. The quantitative estimate of drug-likeness (QED) is 0.499. The molecule has 9 heteroatoms. The highest BCUT2D eigenvalue weighted by molar-refractivity contribution is 7.92. The molecule has 1 saturated heterocycles. The molecule has 0 bridgehead atoms. The van der Waals surface area contributed by atoms with E-state index in [1.165, 1.54) is 0 Å². The van der Waals surface area contributed by atoms with Crippen LogP contribution in [0.5, 0.6) is 5.75 Å². The number of sulfonamides is 1. The van der Waals surface area contributed by atoms with Gasteiger partial charge < -0.3 is 14.5 Å². The fraction of sp³-hybridized carbons (Fsp3) is 0.375. The second-order valence-corrected chi connectivity index (χ2v) is 9.85. The molecule has 0 atom stereocenters. The molecule has 4 rings (SSSR count). The van der Waals surface area contributed by atoms with E-state index in [4.69, 9.17) is 14.7 Å². The number of ether oxygens (including phenoxy) is 2. The highest BCUT2D eigenvalue weighted by Gasteiger charge is 2.15. The van der Waals surface area contributed by atoms with E-state index in [9.17, 15) is 8.42 Å². The summed E-state index contributed by atoms with van der Waals surface area (Å²) in [7, 11) is -3.33. The molecule has 2 aromatic carbocycles. The molecule has 1 fully saturated rings. The molecule has 8 nitrogen and oxygen atoms in total. The van der Waals surface area contributed by atoms with Gasteiger partial charge in [-0.3, -0.25) is 9.62 Å². The van der Waals surface area contributed by atoms with Gasteiger partial charge in [-0.15, -0.1) is 0 Å². The number of aromatic amines is 1. The first kappa shape index (κ1) is 23.1. The van der Waals surface area contributed by atoms with Crippen LogP contribution in [-0.2, 0) is 21.2 Å². The zero-order chi connectivity index (χ0) is 23.3. The number of H-pyrrole nitrogens is 1. The average molecular weight is 469 g/mol. The molecule has 1 aliphatic rings. The van der Waals surface area contributed by atoms with Gasteiger partial charge in [-0.1, -0.05) is 12.1 Å². The number of anilines is 1. The van der Waals surface area contributed by atoms with Gasteiger partial charge in [0.15, 0.2) is 0 Å².